The third kappa shape index (κ3) is 4.57. The second kappa shape index (κ2) is 9.36. The molecular weight excluding hydrogens is 400 g/mol. The van der Waals surface area contributed by atoms with Crippen LogP contribution in [0.2, 0.25) is 0 Å². The first-order chi connectivity index (χ1) is 15.5. The Morgan fingerprint density at radius 3 is 2.53 bits per heavy atom. The van der Waals surface area contributed by atoms with Crippen LogP contribution in [0.5, 0.6) is 0 Å². The molecule has 3 aromatic heterocycles. The van der Waals surface area contributed by atoms with Gasteiger partial charge in [-0.05, 0) is 69.4 Å². The first-order valence-corrected chi connectivity index (χ1v) is 11.1. The fraction of sp³-hybridized carbons (Fsp3) is 0.320. The Kier molecular flexibility index (Phi) is 6.37. The lowest BCUT2D eigenvalue weighted by Crippen LogP contribution is -2.26. The van der Waals surface area contributed by atoms with Crippen LogP contribution in [0.15, 0.2) is 54.9 Å². The number of carbonyl (C=O) groups excluding carboxylic acids is 1. The molecule has 0 aliphatic carbocycles. The van der Waals surface area contributed by atoms with Crippen LogP contribution in [0, 0.1) is 13.8 Å². The van der Waals surface area contributed by atoms with Crippen LogP contribution in [0.1, 0.15) is 35.6 Å². The number of aryl methyl sites for hydroxylation is 2. The molecule has 7 nitrogen and oxygen atoms in total. The van der Waals surface area contributed by atoms with Gasteiger partial charge < -0.3 is 14.8 Å². The molecule has 0 fully saturated rings. The van der Waals surface area contributed by atoms with E-state index in [0.29, 0.717) is 11.4 Å². The van der Waals surface area contributed by atoms with Crippen molar-refractivity contribution in [3.63, 3.8) is 0 Å². The van der Waals surface area contributed by atoms with E-state index in [1.54, 1.807) is 16.9 Å². The molecule has 166 valence electrons. The predicted molar refractivity (Wildman–Crippen MR) is 129 cm³/mol. The van der Waals surface area contributed by atoms with E-state index >= 15 is 0 Å². The van der Waals surface area contributed by atoms with E-state index in [2.05, 4.69) is 57.0 Å². The van der Waals surface area contributed by atoms with Gasteiger partial charge in [0.15, 0.2) is 5.82 Å². The standard InChI is InChI=1S/C25H30N6O/c1-5-29(6-2)13-14-30-12-11-20-16-22(8-9-23(20)30)27-25(32)21-7-10-24(26-17-21)31-19(4)15-18(3)28-31/h7-12,15-17H,5-6,13-14H2,1-4H3,(H,27,32). The van der Waals surface area contributed by atoms with Gasteiger partial charge in [0.25, 0.3) is 5.91 Å². The molecule has 3 heterocycles. The van der Waals surface area contributed by atoms with Gasteiger partial charge in [-0.25, -0.2) is 9.67 Å². The molecule has 0 spiro atoms. The van der Waals surface area contributed by atoms with Crippen LogP contribution in [0.25, 0.3) is 16.7 Å². The topological polar surface area (TPSA) is 68.0 Å². The van der Waals surface area contributed by atoms with Crippen molar-refractivity contribution in [1.29, 1.82) is 0 Å². The summed E-state index contributed by atoms with van der Waals surface area (Å²) in [7, 11) is 0. The normalized spacial score (nSPS) is 11.4. The summed E-state index contributed by atoms with van der Waals surface area (Å²) in [6, 6.07) is 13.7. The summed E-state index contributed by atoms with van der Waals surface area (Å²) in [5.41, 5.74) is 4.39. The number of fused-ring (bicyclic) bond motifs is 1. The van der Waals surface area contributed by atoms with Crippen molar-refractivity contribution < 1.29 is 4.79 Å². The SMILES string of the molecule is CCN(CC)CCn1ccc2cc(NC(=O)c3ccc(-n4nc(C)cc4C)nc3)ccc21. The largest absolute Gasteiger partial charge is 0.346 e. The van der Waals surface area contributed by atoms with E-state index in [0.717, 1.165) is 48.6 Å². The maximum atomic E-state index is 12.7. The maximum absolute atomic E-state index is 12.7. The van der Waals surface area contributed by atoms with Gasteiger partial charge >= 0.3 is 0 Å². The van der Waals surface area contributed by atoms with E-state index < -0.39 is 0 Å². The molecule has 32 heavy (non-hydrogen) atoms. The van der Waals surface area contributed by atoms with Crippen molar-refractivity contribution in [1.82, 2.24) is 24.2 Å². The Bertz CT molecular complexity index is 1220. The molecule has 4 rings (SSSR count). The van der Waals surface area contributed by atoms with Gasteiger partial charge in [0.05, 0.1) is 11.3 Å². The number of rotatable bonds is 8. The number of nitrogens with one attached hydrogen (secondary N) is 1. The Labute approximate surface area is 188 Å². The number of likely N-dealkylation sites (N-methyl/N-ethyl adjacent to an activating group) is 1. The Balaban J connectivity index is 1.45. The summed E-state index contributed by atoms with van der Waals surface area (Å²) >= 11 is 0. The highest BCUT2D eigenvalue weighted by molar-refractivity contribution is 6.05. The highest BCUT2D eigenvalue weighted by atomic mass is 16.1. The van der Waals surface area contributed by atoms with Crippen molar-refractivity contribution >= 4 is 22.5 Å². The summed E-state index contributed by atoms with van der Waals surface area (Å²) < 4.78 is 4.04. The molecule has 0 aliphatic heterocycles. The highest BCUT2D eigenvalue weighted by Crippen LogP contribution is 2.21. The molecule has 0 unspecified atom stereocenters. The number of hydrogen-bond donors (Lipinski definition) is 1. The summed E-state index contributed by atoms with van der Waals surface area (Å²) in [5.74, 6) is 0.511. The number of pyridine rings is 1. The van der Waals surface area contributed by atoms with Gasteiger partial charge in [0, 0.05) is 47.8 Å². The van der Waals surface area contributed by atoms with E-state index in [1.165, 1.54) is 5.52 Å². The number of hydrogen-bond acceptors (Lipinski definition) is 4. The van der Waals surface area contributed by atoms with Gasteiger partial charge in [-0.15, -0.1) is 0 Å². The van der Waals surface area contributed by atoms with Crippen LogP contribution in [0.4, 0.5) is 5.69 Å². The van der Waals surface area contributed by atoms with Crippen molar-refractivity contribution in [2.75, 3.05) is 25.0 Å². The van der Waals surface area contributed by atoms with Crippen molar-refractivity contribution in [3.8, 4) is 5.82 Å². The van der Waals surface area contributed by atoms with Crippen LogP contribution in [0.3, 0.4) is 0 Å². The molecule has 1 aromatic carbocycles. The molecule has 0 radical (unpaired) electrons. The lowest BCUT2D eigenvalue weighted by Gasteiger charge is -2.18. The zero-order chi connectivity index (χ0) is 22.7. The Morgan fingerprint density at radius 2 is 1.88 bits per heavy atom. The maximum Gasteiger partial charge on any atom is 0.257 e. The number of aromatic nitrogens is 4. The summed E-state index contributed by atoms with van der Waals surface area (Å²) in [5, 5.41) is 8.53. The molecule has 0 saturated heterocycles. The van der Waals surface area contributed by atoms with Crippen LogP contribution in [-0.4, -0.2) is 49.8 Å². The third-order valence-corrected chi connectivity index (χ3v) is 5.82. The molecular formula is C25H30N6O. The molecule has 7 heteroatoms. The fourth-order valence-corrected chi connectivity index (χ4v) is 3.97. The Morgan fingerprint density at radius 1 is 1.06 bits per heavy atom. The van der Waals surface area contributed by atoms with Crippen LogP contribution >= 0.6 is 0 Å². The summed E-state index contributed by atoms with van der Waals surface area (Å²) in [6.07, 6.45) is 3.70. The molecule has 4 aromatic rings. The lowest BCUT2D eigenvalue weighted by molar-refractivity contribution is 0.102. The highest BCUT2D eigenvalue weighted by Gasteiger charge is 2.11. The fourth-order valence-electron chi connectivity index (χ4n) is 3.97. The van der Waals surface area contributed by atoms with E-state index in [-0.39, 0.29) is 5.91 Å². The minimum Gasteiger partial charge on any atom is -0.346 e. The number of amides is 1. The first-order valence-electron chi connectivity index (χ1n) is 11.1. The van der Waals surface area contributed by atoms with Gasteiger partial charge in [0.2, 0.25) is 0 Å². The molecule has 0 atom stereocenters. The van der Waals surface area contributed by atoms with Crippen LogP contribution in [-0.2, 0) is 6.54 Å². The number of anilines is 1. The van der Waals surface area contributed by atoms with E-state index in [4.69, 9.17) is 0 Å². The summed E-state index contributed by atoms with van der Waals surface area (Å²) in [4.78, 5) is 19.6. The van der Waals surface area contributed by atoms with Crippen LogP contribution < -0.4 is 5.32 Å². The minimum atomic E-state index is -0.183. The van der Waals surface area contributed by atoms with E-state index in [1.807, 2.05) is 38.1 Å². The number of nitrogens with zero attached hydrogens (tertiary/aromatic N) is 5. The second-order valence-electron chi connectivity index (χ2n) is 8.01. The molecule has 0 saturated carbocycles. The zero-order valence-electron chi connectivity index (χ0n) is 19.2. The van der Waals surface area contributed by atoms with Gasteiger partial charge in [-0.1, -0.05) is 13.8 Å². The van der Waals surface area contributed by atoms with Crippen molar-refractivity contribution in [3.05, 3.63) is 71.8 Å². The second-order valence-corrected chi connectivity index (χ2v) is 8.01. The van der Waals surface area contributed by atoms with Gasteiger partial charge in [-0.2, -0.15) is 5.10 Å². The lowest BCUT2D eigenvalue weighted by atomic mass is 10.2. The van der Waals surface area contributed by atoms with Gasteiger partial charge in [-0.3, -0.25) is 4.79 Å². The van der Waals surface area contributed by atoms with Gasteiger partial charge in [0.1, 0.15) is 0 Å². The zero-order valence-corrected chi connectivity index (χ0v) is 19.2. The third-order valence-electron chi connectivity index (χ3n) is 5.82. The van der Waals surface area contributed by atoms with Crippen molar-refractivity contribution in [2.45, 2.75) is 34.2 Å². The van der Waals surface area contributed by atoms with Crippen molar-refractivity contribution in [2.24, 2.45) is 0 Å². The predicted octanol–water partition coefficient (Wildman–Crippen LogP) is 4.43. The van der Waals surface area contributed by atoms with E-state index in [9.17, 15) is 4.79 Å². The molecule has 0 aliphatic rings. The molecule has 0 bridgehead atoms. The number of carbonyl (C=O) groups is 1. The minimum absolute atomic E-state index is 0.183. The monoisotopic (exact) mass is 430 g/mol. The first kappa shape index (κ1) is 21.8. The average molecular weight is 431 g/mol. The molecule has 1 amide bonds. The molecule has 1 N–H and O–H groups in total. The quantitative estimate of drug-likeness (QED) is 0.449. The summed E-state index contributed by atoms with van der Waals surface area (Å²) in [6.45, 7) is 12.4. The number of benzene rings is 1. The smallest absolute Gasteiger partial charge is 0.257 e. The average Bonchev–Trinajstić information content (AvgIpc) is 3.36. The Hall–Kier alpha value is -3.45.